The van der Waals surface area contributed by atoms with Crippen molar-refractivity contribution in [2.24, 2.45) is 0 Å². The van der Waals surface area contributed by atoms with E-state index in [-0.39, 0.29) is 18.2 Å². The van der Waals surface area contributed by atoms with Crippen LogP contribution in [0.15, 0.2) is 18.2 Å². The second-order valence-corrected chi connectivity index (χ2v) is 2.78. The van der Waals surface area contributed by atoms with Gasteiger partial charge >= 0.3 is 0 Å². The zero-order valence-corrected chi connectivity index (χ0v) is 7.52. The Balaban J connectivity index is 2.61. The first-order valence-corrected chi connectivity index (χ1v) is 4.19. The molecule has 0 aliphatic rings. The molecule has 1 aromatic carbocycles. The maximum absolute atomic E-state index is 13.2. The Hall–Kier alpha value is -1.12. The maximum Gasteiger partial charge on any atom is 0.167 e. The zero-order chi connectivity index (χ0) is 9.68. The van der Waals surface area contributed by atoms with Crippen LogP contribution >= 0.6 is 0 Å². The van der Waals surface area contributed by atoms with Gasteiger partial charge in [-0.25, -0.2) is 4.39 Å². The molecular weight excluding hydrogens is 174 g/mol. The summed E-state index contributed by atoms with van der Waals surface area (Å²) in [5, 5.41) is 0. The smallest absolute Gasteiger partial charge is 0.167 e. The van der Waals surface area contributed by atoms with Gasteiger partial charge < -0.3 is 4.74 Å². The zero-order valence-electron chi connectivity index (χ0n) is 7.52. The van der Waals surface area contributed by atoms with Gasteiger partial charge in [0, 0.05) is 6.42 Å². The van der Waals surface area contributed by atoms with Gasteiger partial charge in [-0.1, -0.05) is 12.1 Å². The third-order valence-electron chi connectivity index (χ3n) is 1.69. The summed E-state index contributed by atoms with van der Waals surface area (Å²) in [7, 11) is 0. The summed E-state index contributed by atoms with van der Waals surface area (Å²) in [5.74, 6) is -0.158. The molecule has 0 aliphatic heterocycles. The molecule has 1 aromatic rings. The van der Waals surface area contributed by atoms with E-state index in [0.717, 1.165) is 0 Å². The summed E-state index contributed by atoms with van der Waals surface area (Å²) in [6, 6.07) is 4.92. The third-order valence-corrected chi connectivity index (χ3v) is 1.69. The molecule has 0 bridgehead atoms. The Kier molecular flexibility index (Phi) is 3.68. The molecule has 0 unspecified atom stereocenters. The van der Waals surface area contributed by atoms with Gasteiger partial charge in [-0.3, -0.25) is 4.39 Å². The van der Waals surface area contributed by atoms with Crippen LogP contribution in [0.4, 0.5) is 8.78 Å². The van der Waals surface area contributed by atoms with Gasteiger partial charge in [0.25, 0.3) is 0 Å². The predicted molar refractivity (Wildman–Crippen MR) is 47.2 cm³/mol. The highest BCUT2D eigenvalue weighted by atomic mass is 19.1. The maximum atomic E-state index is 13.2. The van der Waals surface area contributed by atoms with Crippen molar-refractivity contribution in [2.45, 2.75) is 13.3 Å². The molecule has 0 radical (unpaired) electrons. The van der Waals surface area contributed by atoms with E-state index in [9.17, 15) is 8.78 Å². The van der Waals surface area contributed by atoms with Crippen LogP contribution in [0.1, 0.15) is 12.0 Å². The lowest BCUT2D eigenvalue weighted by molar-refractivity contribution is 0.277. The van der Waals surface area contributed by atoms with Gasteiger partial charge in [-0.15, -0.1) is 0 Å². The molecule has 1 rings (SSSR count). The van der Waals surface area contributed by atoms with E-state index in [4.69, 9.17) is 4.74 Å². The van der Waals surface area contributed by atoms with Crippen molar-refractivity contribution in [3.05, 3.63) is 29.6 Å². The average Bonchev–Trinajstić information content (AvgIpc) is 2.13. The van der Waals surface area contributed by atoms with E-state index in [1.54, 1.807) is 25.1 Å². The Morgan fingerprint density at radius 1 is 1.38 bits per heavy atom. The molecule has 0 spiro atoms. The van der Waals surface area contributed by atoms with Gasteiger partial charge in [0.1, 0.15) is 0 Å². The molecule has 0 fully saturated rings. The number of aryl methyl sites for hydroxylation is 1. The number of rotatable bonds is 4. The summed E-state index contributed by atoms with van der Waals surface area (Å²) in [4.78, 5) is 0. The predicted octanol–water partition coefficient (Wildman–Crippen LogP) is 2.87. The minimum absolute atomic E-state index is 0.202. The van der Waals surface area contributed by atoms with Crippen molar-refractivity contribution >= 4 is 0 Å². The lowest BCUT2D eigenvalue weighted by Crippen LogP contribution is -2.00. The molecule has 0 saturated carbocycles. The first-order chi connectivity index (χ1) is 6.25. The summed E-state index contributed by atoms with van der Waals surface area (Å²) in [6.07, 6.45) is 0.299. The molecule has 0 aliphatic carbocycles. The fraction of sp³-hybridized carbons (Fsp3) is 0.400. The van der Waals surface area contributed by atoms with Crippen LogP contribution in [0, 0.1) is 12.7 Å². The monoisotopic (exact) mass is 186 g/mol. The minimum Gasteiger partial charge on any atom is -0.490 e. The highest BCUT2D eigenvalue weighted by Crippen LogP contribution is 2.19. The largest absolute Gasteiger partial charge is 0.490 e. The Bertz CT molecular complexity index is 274. The summed E-state index contributed by atoms with van der Waals surface area (Å²) < 4.78 is 30.0. The number of ether oxygens (including phenoxy) is 1. The minimum atomic E-state index is -0.437. The topological polar surface area (TPSA) is 9.23 Å². The Morgan fingerprint density at radius 2 is 2.15 bits per heavy atom. The molecule has 0 saturated heterocycles. The highest BCUT2D eigenvalue weighted by molar-refractivity contribution is 5.29. The van der Waals surface area contributed by atoms with Crippen LogP contribution in [0.25, 0.3) is 0 Å². The van der Waals surface area contributed by atoms with Crippen molar-refractivity contribution in [1.29, 1.82) is 0 Å². The lowest BCUT2D eigenvalue weighted by Gasteiger charge is -2.06. The number of benzene rings is 1. The van der Waals surface area contributed by atoms with Gasteiger partial charge in [0.15, 0.2) is 11.6 Å². The van der Waals surface area contributed by atoms with Crippen LogP contribution < -0.4 is 4.74 Å². The molecule has 0 amide bonds. The number of alkyl halides is 1. The number of hydrogen-bond acceptors (Lipinski definition) is 1. The first kappa shape index (κ1) is 9.96. The number of halogens is 2. The quantitative estimate of drug-likeness (QED) is 0.657. The summed E-state index contributed by atoms with van der Waals surface area (Å²) in [6.45, 7) is 1.45. The van der Waals surface area contributed by atoms with Gasteiger partial charge in [0.2, 0.25) is 0 Å². The van der Waals surface area contributed by atoms with E-state index in [1.807, 2.05) is 0 Å². The number of hydrogen-bond donors (Lipinski definition) is 0. The molecule has 72 valence electrons. The highest BCUT2D eigenvalue weighted by Gasteiger charge is 2.04. The molecule has 0 aromatic heterocycles. The molecule has 0 N–H and O–H groups in total. The normalized spacial score (nSPS) is 10.1. The van der Waals surface area contributed by atoms with Crippen LogP contribution in [0.5, 0.6) is 5.75 Å². The third kappa shape index (κ3) is 2.68. The van der Waals surface area contributed by atoms with E-state index >= 15 is 0 Å². The second kappa shape index (κ2) is 4.80. The average molecular weight is 186 g/mol. The summed E-state index contributed by atoms with van der Waals surface area (Å²) >= 11 is 0. The van der Waals surface area contributed by atoms with Gasteiger partial charge in [-0.2, -0.15) is 0 Å². The van der Waals surface area contributed by atoms with E-state index in [2.05, 4.69) is 0 Å². The fourth-order valence-electron chi connectivity index (χ4n) is 0.969. The van der Waals surface area contributed by atoms with Crippen molar-refractivity contribution in [3.8, 4) is 5.75 Å². The fourth-order valence-corrected chi connectivity index (χ4v) is 0.969. The SMILES string of the molecule is Cc1cccc(OCCCF)c1F. The van der Waals surface area contributed by atoms with Crippen molar-refractivity contribution < 1.29 is 13.5 Å². The first-order valence-electron chi connectivity index (χ1n) is 4.19. The van der Waals surface area contributed by atoms with Crippen molar-refractivity contribution in [1.82, 2.24) is 0 Å². The second-order valence-electron chi connectivity index (χ2n) is 2.78. The van der Waals surface area contributed by atoms with Crippen LogP contribution in [0.2, 0.25) is 0 Å². The molecule has 3 heteroatoms. The lowest BCUT2D eigenvalue weighted by atomic mass is 10.2. The molecular formula is C10H12F2O. The van der Waals surface area contributed by atoms with Crippen molar-refractivity contribution in [2.75, 3.05) is 13.3 Å². The van der Waals surface area contributed by atoms with Crippen LogP contribution in [0.3, 0.4) is 0 Å². The van der Waals surface area contributed by atoms with Crippen LogP contribution in [-0.2, 0) is 0 Å². The van der Waals surface area contributed by atoms with Gasteiger partial charge in [-0.05, 0) is 18.6 Å². The Morgan fingerprint density at radius 3 is 2.85 bits per heavy atom. The molecule has 0 heterocycles. The van der Waals surface area contributed by atoms with E-state index < -0.39 is 6.67 Å². The molecule has 0 atom stereocenters. The van der Waals surface area contributed by atoms with Gasteiger partial charge in [0.05, 0.1) is 13.3 Å². The Labute approximate surface area is 76.3 Å². The molecule has 1 nitrogen and oxygen atoms in total. The van der Waals surface area contributed by atoms with E-state index in [0.29, 0.717) is 12.0 Å². The van der Waals surface area contributed by atoms with Crippen molar-refractivity contribution in [3.63, 3.8) is 0 Å². The molecule has 13 heavy (non-hydrogen) atoms. The standard InChI is InChI=1S/C10H12F2O/c1-8-4-2-5-9(10(8)12)13-7-3-6-11/h2,4-5H,3,6-7H2,1H3. The van der Waals surface area contributed by atoms with Crippen LogP contribution in [-0.4, -0.2) is 13.3 Å². The summed E-state index contributed by atoms with van der Waals surface area (Å²) in [5.41, 5.74) is 0.540. The van der Waals surface area contributed by atoms with E-state index in [1.165, 1.54) is 0 Å².